The van der Waals surface area contributed by atoms with E-state index in [1.807, 2.05) is 13.1 Å². The average molecular weight is 406 g/mol. The van der Waals surface area contributed by atoms with E-state index in [0.29, 0.717) is 45.9 Å². The van der Waals surface area contributed by atoms with Gasteiger partial charge in [-0.3, -0.25) is 4.79 Å². The summed E-state index contributed by atoms with van der Waals surface area (Å²) in [6, 6.07) is 0.245. The van der Waals surface area contributed by atoms with Gasteiger partial charge in [0.1, 0.15) is 0 Å². The molecule has 150 valence electrons. The van der Waals surface area contributed by atoms with E-state index in [-0.39, 0.29) is 11.9 Å². The van der Waals surface area contributed by atoms with E-state index >= 15 is 0 Å². The van der Waals surface area contributed by atoms with Crippen LogP contribution >= 0.6 is 21.6 Å². The molecule has 0 aromatic carbocycles. The maximum atomic E-state index is 11.7. The summed E-state index contributed by atoms with van der Waals surface area (Å²) in [6.07, 6.45) is 3.38. The van der Waals surface area contributed by atoms with Gasteiger partial charge in [0.15, 0.2) is 0 Å². The largest absolute Gasteiger partial charge is 0.377 e. The average Bonchev–Trinajstić information content (AvgIpc) is 3.04. The number of carbonyl (C=O) groups is 1. The summed E-state index contributed by atoms with van der Waals surface area (Å²) in [5.41, 5.74) is 6.73. The van der Waals surface area contributed by atoms with Crippen LogP contribution in [0.15, 0.2) is 6.20 Å². The van der Waals surface area contributed by atoms with E-state index in [1.54, 1.807) is 26.3 Å². The highest BCUT2D eigenvalue weighted by atomic mass is 33.1. The van der Waals surface area contributed by atoms with Crippen molar-refractivity contribution in [2.45, 2.75) is 39.3 Å². The molecular weight excluding hydrogens is 374 g/mol. The van der Waals surface area contributed by atoms with Gasteiger partial charge in [-0.25, -0.2) is 4.68 Å². The summed E-state index contributed by atoms with van der Waals surface area (Å²) in [5.74, 6) is 1.78. The fourth-order valence-corrected chi connectivity index (χ4v) is 4.09. The number of hydrogen-bond donors (Lipinski definition) is 2. The SMILES string of the molecule is CC[C@@H](N)CSSCCC(=O)NCCOCCOCCn1cc(C)nn1. The van der Waals surface area contributed by atoms with Gasteiger partial charge in [-0.2, -0.15) is 0 Å². The predicted molar refractivity (Wildman–Crippen MR) is 107 cm³/mol. The van der Waals surface area contributed by atoms with E-state index in [4.69, 9.17) is 15.2 Å². The number of carbonyl (C=O) groups excluding carboxylic acids is 1. The molecule has 0 spiro atoms. The van der Waals surface area contributed by atoms with Crippen molar-refractivity contribution < 1.29 is 14.3 Å². The van der Waals surface area contributed by atoms with E-state index in [9.17, 15) is 4.79 Å². The first-order valence-corrected chi connectivity index (χ1v) is 11.4. The highest BCUT2D eigenvalue weighted by molar-refractivity contribution is 8.76. The summed E-state index contributed by atoms with van der Waals surface area (Å²) in [7, 11) is 3.43. The third-order valence-electron chi connectivity index (χ3n) is 3.36. The zero-order valence-corrected chi connectivity index (χ0v) is 17.3. The van der Waals surface area contributed by atoms with Crippen LogP contribution < -0.4 is 11.1 Å². The second-order valence-corrected chi connectivity index (χ2v) is 8.35. The summed E-state index contributed by atoms with van der Waals surface area (Å²) in [6.45, 7) is 7.28. The van der Waals surface area contributed by atoms with Gasteiger partial charge in [0.2, 0.25) is 5.91 Å². The number of nitrogens with zero attached hydrogens (tertiary/aromatic N) is 3. The van der Waals surface area contributed by atoms with E-state index in [2.05, 4.69) is 22.6 Å². The van der Waals surface area contributed by atoms with Crippen LogP contribution in [0, 0.1) is 6.92 Å². The lowest BCUT2D eigenvalue weighted by Crippen LogP contribution is -2.27. The van der Waals surface area contributed by atoms with E-state index in [0.717, 1.165) is 23.6 Å². The topological polar surface area (TPSA) is 104 Å². The zero-order valence-electron chi connectivity index (χ0n) is 15.7. The Kier molecular flexibility index (Phi) is 13.6. The Morgan fingerprint density at radius 2 is 2.08 bits per heavy atom. The minimum atomic E-state index is 0.0564. The van der Waals surface area contributed by atoms with Crippen molar-refractivity contribution in [3.63, 3.8) is 0 Å². The molecule has 0 fully saturated rings. The molecule has 1 atom stereocenters. The number of nitrogens with two attached hydrogens (primary N) is 1. The van der Waals surface area contributed by atoms with Crippen molar-refractivity contribution in [3.05, 3.63) is 11.9 Å². The molecule has 0 aliphatic carbocycles. The molecule has 1 aromatic rings. The standard InChI is InChI=1S/C16H31N5O3S2/c1-3-15(17)13-26-25-11-4-16(22)18-5-7-23-9-10-24-8-6-21-12-14(2)19-20-21/h12,15H,3-11,13,17H2,1-2H3,(H,18,22)/t15-/m1/s1. The minimum absolute atomic E-state index is 0.0564. The molecule has 10 heteroatoms. The second-order valence-electron chi connectivity index (χ2n) is 5.72. The first-order chi connectivity index (χ1) is 12.6. The van der Waals surface area contributed by atoms with Crippen LogP contribution in [0.2, 0.25) is 0 Å². The van der Waals surface area contributed by atoms with Gasteiger partial charge in [-0.15, -0.1) is 5.10 Å². The number of ether oxygens (including phenoxy) is 2. The lowest BCUT2D eigenvalue weighted by Gasteiger charge is -2.08. The van der Waals surface area contributed by atoms with Crippen LogP contribution in [0.5, 0.6) is 0 Å². The quantitative estimate of drug-likeness (QED) is 0.313. The molecule has 0 aliphatic heterocycles. The van der Waals surface area contributed by atoms with Gasteiger partial charge in [-0.1, -0.05) is 33.7 Å². The second kappa shape index (κ2) is 15.3. The molecule has 0 radical (unpaired) electrons. The third kappa shape index (κ3) is 12.5. The Balaban J connectivity index is 1.81. The maximum absolute atomic E-state index is 11.7. The molecule has 8 nitrogen and oxygen atoms in total. The number of amides is 1. The zero-order chi connectivity index (χ0) is 19.0. The molecule has 0 aliphatic rings. The van der Waals surface area contributed by atoms with Gasteiger partial charge >= 0.3 is 0 Å². The van der Waals surface area contributed by atoms with Gasteiger partial charge in [0.25, 0.3) is 0 Å². The summed E-state index contributed by atoms with van der Waals surface area (Å²) >= 11 is 0. The molecule has 0 saturated carbocycles. The van der Waals surface area contributed by atoms with Gasteiger partial charge in [0.05, 0.1) is 38.7 Å². The van der Waals surface area contributed by atoms with Crippen LogP contribution in [0.25, 0.3) is 0 Å². The van der Waals surface area contributed by atoms with Crippen LogP contribution in [-0.4, -0.2) is 71.4 Å². The smallest absolute Gasteiger partial charge is 0.220 e. The molecule has 0 saturated heterocycles. The Hall–Kier alpha value is -0.810. The number of aromatic nitrogens is 3. The third-order valence-corrected chi connectivity index (χ3v) is 5.87. The molecule has 3 N–H and O–H groups in total. The molecule has 26 heavy (non-hydrogen) atoms. The van der Waals surface area contributed by atoms with Crippen molar-refractivity contribution >= 4 is 27.5 Å². The minimum Gasteiger partial charge on any atom is -0.377 e. The molecule has 0 bridgehead atoms. The Morgan fingerprint density at radius 1 is 1.31 bits per heavy atom. The van der Waals surface area contributed by atoms with Gasteiger partial charge < -0.3 is 20.5 Å². The van der Waals surface area contributed by atoms with E-state index in [1.165, 1.54) is 0 Å². The van der Waals surface area contributed by atoms with Crippen LogP contribution in [0.4, 0.5) is 0 Å². The Morgan fingerprint density at radius 3 is 2.77 bits per heavy atom. The van der Waals surface area contributed by atoms with E-state index < -0.39 is 0 Å². The lowest BCUT2D eigenvalue weighted by atomic mass is 10.3. The normalized spacial score (nSPS) is 12.3. The maximum Gasteiger partial charge on any atom is 0.220 e. The first-order valence-electron chi connectivity index (χ1n) is 8.90. The summed E-state index contributed by atoms with van der Waals surface area (Å²) in [4.78, 5) is 11.7. The highest BCUT2D eigenvalue weighted by Crippen LogP contribution is 2.22. The Bertz CT molecular complexity index is 490. The van der Waals surface area contributed by atoms with Crippen LogP contribution in [0.3, 0.4) is 0 Å². The Labute approximate surface area is 163 Å². The molecule has 0 unspecified atom stereocenters. The fraction of sp³-hybridized carbons (Fsp3) is 0.812. The molecule has 1 rings (SSSR count). The van der Waals surface area contributed by atoms with Crippen molar-refractivity contribution in [1.82, 2.24) is 20.3 Å². The number of nitrogens with one attached hydrogen (secondary N) is 1. The lowest BCUT2D eigenvalue weighted by molar-refractivity contribution is -0.120. The van der Waals surface area contributed by atoms with Crippen molar-refractivity contribution in [3.8, 4) is 0 Å². The highest BCUT2D eigenvalue weighted by Gasteiger charge is 2.03. The van der Waals surface area contributed by atoms with Gasteiger partial charge in [0, 0.05) is 36.7 Å². The molecule has 1 heterocycles. The molecular formula is C16H31N5O3S2. The molecule has 1 aromatic heterocycles. The van der Waals surface area contributed by atoms with Crippen LogP contribution in [0.1, 0.15) is 25.5 Å². The van der Waals surface area contributed by atoms with Crippen molar-refractivity contribution in [2.75, 3.05) is 44.5 Å². The first kappa shape index (κ1) is 23.2. The predicted octanol–water partition coefficient (Wildman–Crippen LogP) is 1.24. The number of rotatable bonds is 16. The summed E-state index contributed by atoms with van der Waals surface area (Å²) < 4.78 is 12.6. The fourth-order valence-electron chi connectivity index (χ4n) is 1.78. The van der Waals surface area contributed by atoms with Crippen molar-refractivity contribution in [1.29, 1.82) is 0 Å². The van der Waals surface area contributed by atoms with Gasteiger partial charge in [-0.05, 0) is 13.3 Å². The van der Waals surface area contributed by atoms with Crippen LogP contribution in [-0.2, 0) is 20.8 Å². The number of hydrogen-bond acceptors (Lipinski definition) is 8. The molecule has 1 amide bonds. The van der Waals surface area contributed by atoms with Crippen molar-refractivity contribution in [2.24, 2.45) is 5.73 Å². The monoisotopic (exact) mass is 405 g/mol. The summed E-state index contributed by atoms with van der Waals surface area (Å²) in [5, 5.41) is 10.7. The number of aryl methyl sites for hydroxylation is 1.